The standard InChI is InChI=1S/C15H22ClNO/c1-3-18-11(2)10-17-13-8-12(9-13)14-6-4-5-7-15(14)16/h4-7,11-13,17H,3,8-10H2,1-2H3. The van der Waals surface area contributed by atoms with Crippen molar-refractivity contribution in [3.05, 3.63) is 34.9 Å². The molecule has 1 saturated carbocycles. The van der Waals surface area contributed by atoms with Crippen LogP contribution in [0.25, 0.3) is 0 Å². The van der Waals surface area contributed by atoms with Crippen LogP contribution in [0.5, 0.6) is 0 Å². The van der Waals surface area contributed by atoms with Crippen LogP contribution >= 0.6 is 11.6 Å². The summed E-state index contributed by atoms with van der Waals surface area (Å²) in [5.74, 6) is 0.624. The molecule has 0 heterocycles. The zero-order valence-corrected chi connectivity index (χ0v) is 11.9. The summed E-state index contributed by atoms with van der Waals surface area (Å²) in [6, 6.07) is 8.80. The number of nitrogens with one attached hydrogen (secondary N) is 1. The van der Waals surface area contributed by atoms with Crippen LogP contribution in [-0.4, -0.2) is 25.3 Å². The van der Waals surface area contributed by atoms with Gasteiger partial charge < -0.3 is 10.1 Å². The molecule has 0 spiro atoms. The van der Waals surface area contributed by atoms with Crippen LogP contribution in [0.2, 0.25) is 5.02 Å². The predicted molar refractivity (Wildman–Crippen MR) is 76.3 cm³/mol. The fourth-order valence-electron chi connectivity index (χ4n) is 2.52. The second kappa shape index (κ2) is 6.55. The Kier molecular flexibility index (Phi) is 5.04. The van der Waals surface area contributed by atoms with Crippen molar-refractivity contribution in [3.8, 4) is 0 Å². The highest BCUT2D eigenvalue weighted by molar-refractivity contribution is 6.31. The number of rotatable bonds is 6. The molecule has 1 aromatic carbocycles. The van der Waals surface area contributed by atoms with Crippen LogP contribution < -0.4 is 5.32 Å². The fourth-order valence-corrected chi connectivity index (χ4v) is 2.81. The van der Waals surface area contributed by atoms with Crippen molar-refractivity contribution in [2.45, 2.75) is 44.8 Å². The average Bonchev–Trinajstić information content (AvgIpc) is 2.29. The van der Waals surface area contributed by atoms with Gasteiger partial charge in [0.1, 0.15) is 0 Å². The third-order valence-electron chi connectivity index (χ3n) is 3.63. The first kappa shape index (κ1) is 13.9. The van der Waals surface area contributed by atoms with Crippen molar-refractivity contribution in [1.82, 2.24) is 5.32 Å². The second-order valence-electron chi connectivity index (χ2n) is 5.06. The van der Waals surface area contributed by atoms with Gasteiger partial charge in [0.05, 0.1) is 6.10 Å². The lowest BCUT2D eigenvalue weighted by molar-refractivity contribution is 0.0702. The Balaban J connectivity index is 1.73. The van der Waals surface area contributed by atoms with Crippen molar-refractivity contribution in [2.24, 2.45) is 0 Å². The molecule has 1 aliphatic rings. The minimum absolute atomic E-state index is 0.300. The van der Waals surface area contributed by atoms with Gasteiger partial charge in [-0.2, -0.15) is 0 Å². The average molecular weight is 268 g/mol. The van der Waals surface area contributed by atoms with E-state index in [-0.39, 0.29) is 0 Å². The Hall–Kier alpha value is -0.570. The highest BCUT2D eigenvalue weighted by atomic mass is 35.5. The minimum atomic E-state index is 0.300. The van der Waals surface area contributed by atoms with Crippen molar-refractivity contribution in [2.75, 3.05) is 13.2 Å². The molecule has 0 saturated heterocycles. The Bertz CT molecular complexity index is 377. The van der Waals surface area contributed by atoms with Gasteiger partial charge in [-0.3, -0.25) is 0 Å². The summed E-state index contributed by atoms with van der Waals surface area (Å²) in [5.41, 5.74) is 1.30. The highest BCUT2D eigenvalue weighted by Crippen LogP contribution is 2.39. The molecule has 1 N–H and O–H groups in total. The molecule has 1 unspecified atom stereocenters. The molecule has 3 heteroatoms. The monoisotopic (exact) mass is 267 g/mol. The molecule has 0 aliphatic heterocycles. The molecule has 1 atom stereocenters. The van der Waals surface area contributed by atoms with Gasteiger partial charge in [0, 0.05) is 24.2 Å². The largest absolute Gasteiger partial charge is 0.377 e. The van der Waals surface area contributed by atoms with Crippen molar-refractivity contribution < 1.29 is 4.74 Å². The highest BCUT2D eigenvalue weighted by Gasteiger charge is 2.31. The second-order valence-corrected chi connectivity index (χ2v) is 5.47. The summed E-state index contributed by atoms with van der Waals surface area (Å²) >= 11 is 6.21. The predicted octanol–water partition coefficient (Wildman–Crippen LogP) is 3.60. The Morgan fingerprint density at radius 1 is 1.39 bits per heavy atom. The Labute approximate surface area is 115 Å². The maximum Gasteiger partial charge on any atom is 0.0671 e. The third-order valence-corrected chi connectivity index (χ3v) is 3.97. The lowest BCUT2D eigenvalue weighted by Crippen LogP contribution is -2.43. The van der Waals surface area contributed by atoms with E-state index in [2.05, 4.69) is 24.4 Å². The van der Waals surface area contributed by atoms with E-state index in [0.717, 1.165) is 18.2 Å². The number of benzene rings is 1. The zero-order chi connectivity index (χ0) is 13.0. The summed E-state index contributed by atoms with van der Waals surface area (Å²) in [6.07, 6.45) is 2.67. The number of halogens is 1. The summed E-state index contributed by atoms with van der Waals surface area (Å²) in [4.78, 5) is 0. The van der Waals surface area contributed by atoms with Gasteiger partial charge in [-0.05, 0) is 44.2 Å². The maximum atomic E-state index is 6.21. The first-order valence-electron chi connectivity index (χ1n) is 6.80. The summed E-state index contributed by atoms with van der Waals surface area (Å²) in [5, 5.41) is 4.46. The Morgan fingerprint density at radius 2 is 2.11 bits per heavy atom. The maximum absolute atomic E-state index is 6.21. The van der Waals surface area contributed by atoms with Crippen molar-refractivity contribution in [1.29, 1.82) is 0 Å². The smallest absolute Gasteiger partial charge is 0.0671 e. The van der Waals surface area contributed by atoms with E-state index >= 15 is 0 Å². The van der Waals surface area contributed by atoms with E-state index in [1.165, 1.54) is 18.4 Å². The van der Waals surface area contributed by atoms with Crippen LogP contribution in [-0.2, 0) is 4.74 Å². The lowest BCUT2D eigenvalue weighted by atomic mass is 9.76. The molecular weight excluding hydrogens is 246 g/mol. The molecule has 0 aromatic heterocycles. The lowest BCUT2D eigenvalue weighted by Gasteiger charge is -2.37. The fraction of sp³-hybridized carbons (Fsp3) is 0.600. The number of hydrogen-bond acceptors (Lipinski definition) is 2. The molecule has 1 fully saturated rings. The van der Waals surface area contributed by atoms with Crippen molar-refractivity contribution >= 4 is 11.6 Å². The number of ether oxygens (including phenoxy) is 1. The molecule has 100 valence electrons. The normalized spacial score (nSPS) is 24.6. The first-order valence-corrected chi connectivity index (χ1v) is 7.18. The van der Waals surface area contributed by atoms with E-state index in [9.17, 15) is 0 Å². The molecule has 1 aromatic rings. The van der Waals surface area contributed by atoms with Crippen molar-refractivity contribution in [3.63, 3.8) is 0 Å². The topological polar surface area (TPSA) is 21.3 Å². The van der Waals surface area contributed by atoms with E-state index < -0.39 is 0 Å². The van der Waals surface area contributed by atoms with E-state index in [0.29, 0.717) is 18.1 Å². The SMILES string of the molecule is CCOC(C)CNC1CC(c2ccccc2Cl)C1. The van der Waals surface area contributed by atoms with Gasteiger partial charge in [-0.1, -0.05) is 29.8 Å². The van der Waals surface area contributed by atoms with Gasteiger partial charge >= 0.3 is 0 Å². The van der Waals surface area contributed by atoms with E-state index in [1.807, 2.05) is 19.1 Å². The van der Waals surface area contributed by atoms with Gasteiger partial charge in [-0.25, -0.2) is 0 Å². The van der Waals surface area contributed by atoms with Crippen LogP contribution in [0.1, 0.15) is 38.2 Å². The summed E-state index contributed by atoms with van der Waals surface area (Å²) in [6.45, 7) is 5.87. The molecular formula is C15H22ClNO. The number of hydrogen-bond donors (Lipinski definition) is 1. The minimum Gasteiger partial charge on any atom is -0.377 e. The van der Waals surface area contributed by atoms with Gasteiger partial charge in [0.15, 0.2) is 0 Å². The van der Waals surface area contributed by atoms with Gasteiger partial charge in [0.2, 0.25) is 0 Å². The molecule has 2 rings (SSSR count). The van der Waals surface area contributed by atoms with Crippen LogP contribution in [0, 0.1) is 0 Å². The molecule has 2 nitrogen and oxygen atoms in total. The quantitative estimate of drug-likeness (QED) is 0.850. The molecule has 18 heavy (non-hydrogen) atoms. The molecule has 1 aliphatic carbocycles. The van der Waals surface area contributed by atoms with Crippen LogP contribution in [0.3, 0.4) is 0 Å². The summed E-state index contributed by atoms with van der Waals surface area (Å²) in [7, 11) is 0. The molecule has 0 amide bonds. The third kappa shape index (κ3) is 3.47. The summed E-state index contributed by atoms with van der Waals surface area (Å²) < 4.78 is 5.51. The van der Waals surface area contributed by atoms with Gasteiger partial charge in [-0.15, -0.1) is 0 Å². The molecule has 0 radical (unpaired) electrons. The zero-order valence-electron chi connectivity index (χ0n) is 11.2. The Morgan fingerprint density at radius 3 is 2.78 bits per heavy atom. The van der Waals surface area contributed by atoms with Gasteiger partial charge in [0.25, 0.3) is 0 Å². The first-order chi connectivity index (χ1) is 8.70. The molecule has 0 bridgehead atoms. The van der Waals surface area contributed by atoms with E-state index in [1.54, 1.807) is 0 Å². The van der Waals surface area contributed by atoms with E-state index in [4.69, 9.17) is 16.3 Å². The van der Waals surface area contributed by atoms with Crippen LogP contribution in [0.4, 0.5) is 0 Å². The van der Waals surface area contributed by atoms with Crippen LogP contribution in [0.15, 0.2) is 24.3 Å².